The van der Waals surface area contributed by atoms with Crippen molar-refractivity contribution in [1.29, 1.82) is 0 Å². The molecule has 0 radical (unpaired) electrons. The average Bonchev–Trinajstić information content (AvgIpc) is 2.08. The lowest BCUT2D eigenvalue weighted by molar-refractivity contribution is 0.468. The Morgan fingerprint density at radius 1 is 1.36 bits per heavy atom. The minimum absolute atomic E-state index is 0.0492. The van der Waals surface area contributed by atoms with Crippen molar-refractivity contribution in [2.24, 2.45) is 0 Å². The van der Waals surface area contributed by atoms with Gasteiger partial charge in [0, 0.05) is 4.47 Å². The molecule has 1 N–H and O–H groups in total. The van der Waals surface area contributed by atoms with Crippen LogP contribution in [0.3, 0.4) is 0 Å². The highest BCUT2D eigenvalue weighted by atomic mass is 79.9. The normalized spacial score (nSPS) is 10.7. The molecule has 0 amide bonds. The first-order chi connectivity index (χ1) is 6.58. The Morgan fingerprint density at radius 2 is 2.07 bits per heavy atom. The van der Waals surface area contributed by atoms with Gasteiger partial charge in [0.05, 0.1) is 11.5 Å². The molecule has 14 heavy (non-hydrogen) atoms. The highest BCUT2D eigenvalue weighted by Crippen LogP contribution is 2.28. The van der Waals surface area contributed by atoms with Crippen molar-refractivity contribution >= 4 is 26.9 Å². The fraction of sp³-hybridized carbons (Fsp3) is 0.100. The van der Waals surface area contributed by atoms with Crippen molar-refractivity contribution < 1.29 is 9.52 Å². The van der Waals surface area contributed by atoms with Gasteiger partial charge in [-0.1, -0.05) is 15.9 Å². The lowest BCUT2D eigenvalue weighted by Crippen LogP contribution is -1.95. The Morgan fingerprint density at radius 3 is 2.79 bits per heavy atom. The molecule has 0 unspecified atom stereocenters. The maximum Gasteiger partial charge on any atom is 0.339 e. The summed E-state index contributed by atoms with van der Waals surface area (Å²) in [7, 11) is 0. The van der Waals surface area contributed by atoms with E-state index in [0.717, 1.165) is 16.1 Å². The number of fused-ring (bicyclic) bond motifs is 1. The highest BCUT2D eigenvalue weighted by molar-refractivity contribution is 9.10. The van der Waals surface area contributed by atoms with Crippen LogP contribution in [0.2, 0.25) is 0 Å². The van der Waals surface area contributed by atoms with Crippen LogP contribution >= 0.6 is 15.9 Å². The van der Waals surface area contributed by atoms with Crippen LogP contribution in [0, 0.1) is 6.92 Å². The molecule has 1 heterocycles. The zero-order chi connectivity index (χ0) is 10.3. The molecule has 0 bridgehead atoms. The molecule has 0 spiro atoms. The van der Waals surface area contributed by atoms with Gasteiger partial charge < -0.3 is 9.52 Å². The third kappa shape index (κ3) is 1.42. The smallest absolute Gasteiger partial charge is 0.339 e. The molecule has 4 heteroatoms. The number of aryl methyl sites for hydroxylation is 1. The van der Waals surface area contributed by atoms with Gasteiger partial charge in [-0.2, -0.15) is 0 Å². The predicted molar refractivity (Wildman–Crippen MR) is 56.6 cm³/mol. The van der Waals surface area contributed by atoms with Crippen LogP contribution in [0.25, 0.3) is 11.0 Å². The maximum atomic E-state index is 11.0. The van der Waals surface area contributed by atoms with Crippen molar-refractivity contribution in [3.63, 3.8) is 0 Å². The largest absolute Gasteiger partial charge is 0.507 e. The molecule has 0 aliphatic heterocycles. The van der Waals surface area contributed by atoms with Gasteiger partial charge in [0.1, 0.15) is 11.3 Å². The highest BCUT2D eigenvalue weighted by Gasteiger charge is 2.06. The van der Waals surface area contributed by atoms with Gasteiger partial charge in [0.25, 0.3) is 0 Å². The van der Waals surface area contributed by atoms with E-state index in [4.69, 9.17) is 4.42 Å². The molecular formula is C10H7BrO3. The molecular weight excluding hydrogens is 248 g/mol. The van der Waals surface area contributed by atoms with Crippen molar-refractivity contribution in [3.8, 4) is 5.75 Å². The van der Waals surface area contributed by atoms with Gasteiger partial charge in [-0.25, -0.2) is 4.79 Å². The van der Waals surface area contributed by atoms with Crippen LogP contribution in [0.15, 0.2) is 31.9 Å². The van der Waals surface area contributed by atoms with E-state index < -0.39 is 5.63 Å². The second kappa shape index (κ2) is 3.13. The summed E-state index contributed by atoms with van der Waals surface area (Å²) in [6.45, 7) is 1.90. The summed E-state index contributed by atoms with van der Waals surface area (Å²) in [5.74, 6) is -0.0492. The zero-order valence-electron chi connectivity index (χ0n) is 7.37. The fourth-order valence-electron chi connectivity index (χ4n) is 1.28. The Hall–Kier alpha value is -1.29. The van der Waals surface area contributed by atoms with Gasteiger partial charge in [0.2, 0.25) is 0 Å². The van der Waals surface area contributed by atoms with E-state index in [0.29, 0.717) is 11.0 Å². The van der Waals surface area contributed by atoms with Crippen molar-refractivity contribution in [3.05, 3.63) is 38.7 Å². The summed E-state index contributed by atoms with van der Waals surface area (Å²) in [5, 5.41) is 10.0. The van der Waals surface area contributed by atoms with Gasteiger partial charge >= 0.3 is 5.63 Å². The number of halogens is 1. The molecule has 0 saturated heterocycles. The monoisotopic (exact) mass is 254 g/mol. The van der Waals surface area contributed by atoms with E-state index in [1.165, 1.54) is 0 Å². The molecule has 1 aromatic heterocycles. The van der Waals surface area contributed by atoms with E-state index in [1.54, 1.807) is 12.1 Å². The average molecular weight is 255 g/mol. The first kappa shape index (κ1) is 9.27. The first-order valence-corrected chi connectivity index (χ1v) is 4.80. The molecule has 0 fully saturated rings. The predicted octanol–water partition coefficient (Wildman–Crippen LogP) is 2.57. The summed E-state index contributed by atoms with van der Waals surface area (Å²) in [4.78, 5) is 11.0. The molecule has 0 atom stereocenters. The van der Waals surface area contributed by atoms with Crippen molar-refractivity contribution in [2.45, 2.75) is 6.92 Å². The summed E-state index contributed by atoms with van der Waals surface area (Å²) >= 11 is 3.32. The van der Waals surface area contributed by atoms with Gasteiger partial charge in [-0.15, -0.1) is 0 Å². The minimum atomic E-state index is -0.550. The summed E-state index contributed by atoms with van der Waals surface area (Å²) in [5.41, 5.74) is 0.805. The fourth-order valence-corrected chi connectivity index (χ4v) is 1.60. The van der Waals surface area contributed by atoms with Gasteiger partial charge in [0.15, 0.2) is 0 Å². The third-order valence-electron chi connectivity index (χ3n) is 2.00. The van der Waals surface area contributed by atoms with Crippen LogP contribution in [-0.2, 0) is 0 Å². The standard InChI is InChI=1S/C10H7BrO3/c1-5-2-6-8(12)4-10(13)14-9(6)3-7(5)11/h2-4,12H,1H3. The zero-order valence-corrected chi connectivity index (χ0v) is 8.96. The Kier molecular flexibility index (Phi) is 2.07. The third-order valence-corrected chi connectivity index (χ3v) is 2.86. The molecule has 2 rings (SSSR count). The molecule has 0 aliphatic rings. The number of rotatable bonds is 0. The second-order valence-electron chi connectivity index (χ2n) is 3.05. The first-order valence-electron chi connectivity index (χ1n) is 4.01. The molecule has 72 valence electrons. The number of benzene rings is 1. The van der Waals surface area contributed by atoms with E-state index in [2.05, 4.69) is 15.9 Å². The lowest BCUT2D eigenvalue weighted by atomic mass is 10.1. The molecule has 1 aromatic carbocycles. The topological polar surface area (TPSA) is 50.4 Å². The lowest BCUT2D eigenvalue weighted by Gasteiger charge is -2.02. The molecule has 3 nitrogen and oxygen atoms in total. The Bertz CT molecular complexity index is 557. The van der Waals surface area contributed by atoms with E-state index in [9.17, 15) is 9.90 Å². The van der Waals surface area contributed by atoms with Gasteiger partial charge in [-0.3, -0.25) is 0 Å². The number of hydrogen-bond acceptors (Lipinski definition) is 3. The number of hydrogen-bond donors (Lipinski definition) is 1. The summed E-state index contributed by atoms with van der Waals surface area (Å²) in [6, 6.07) is 4.50. The van der Waals surface area contributed by atoms with E-state index in [-0.39, 0.29) is 5.75 Å². The quantitative estimate of drug-likeness (QED) is 0.736. The minimum Gasteiger partial charge on any atom is -0.507 e. The summed E-state index contributed by atoms with van der Waals surface area (Å²) in [6.07, 6.45) is 0. The Labute approximate surface area is 88.1 Å². The van der Waals surface area contributed by atoms with Crippen LogP contribution in [0.5, 0.6) is 5.75 Å². The molecule has 0 saturated carbocycles. The molecule has 0 aliphatic carbocycles. The second-order valence-corrected chi connectivity index (χ2v) is 3.90. The van der Waals surface area contributed by atoms with Gasteiger partial charge in [-0.05, 0) is 24.6 Å². The van der Waals surface area contributed by atoms with Crippen LogP contribution in [-0.4, -0.2) is 5.11 Å². The van der Waals surface area contributed by atoms with Crippen molar-refractivity contribution in [1.82, 2.24) is 0 Å². The van der Waals surface area contributed by atoms with Crippen LogP contribution in [0.1, 0.15) is 5.56 Å². The van der Waals surface area contributed by atoms with Crippen LogP contribution < -0.4 is 5.63 Å². The van der Waals surface area contributed by atoms with Crippen LogP contribution in [0.4, 0.5) is 0 Å². The van der Waals surface area contributed by atoms with Crippen molar-refractivity contribution in [2.75, 3.05) is 0 Å². The van der Waals surface area contributed by atoms with E-state index in [1.807, 2.05) is 6.92 Å². The maximum absolute atomic E-state index is 11.0. The molecule has 2 aromatic rings. The Balaban J connectivity index is 2.96. The number of aromatic hydroxyl groups is 1. The SMILES string of the molecule is Cc1cc2c(O)cc(=O)oc2cc1Br. The van der Waals surface area contributed by atoms with E-state index >= 15 is 0 Å². The summed E-state index contributed by atoms with van der Waals surface area (Å²) < 4.78 is 5.78.